The van der Waals surface area contributed by atoms with Crippen LogP contribution in [0.4, 0.5) is 0 Å². The van der Waals surface area contributed by atoms with E-state index in [1.807, 2.05) is 66.2 Å². The number of thiophene rings is 1. The van der Waals surface area contributed by atoms with E-state index in [4.69, 9.17) is 4.98 Å². The number of sulfonamides is 1. The predicted molar refractivity (Wildman–Crippen MR) is 104 cm³/mol. The van der Waals surface area contributed by atoms with Gasteiger partial charge in [0.2, 0.25) is 0 Å². The largest absolute Gasteiger partial charge is 0.329 e. The molecule has 2 aromatic heterocycles. The maximum Gasteiger partial charge on any atom is 0.251 e. The van der Waals surface area contributed by atoms with Crippen molar-refractivity contribution in [2.45, 2.75) is 10.3 Å². The van der Waals surface area contributed by atoms with Gasteiger partial charge in [0.15, 0.2) is 0 Å². The Hall–Kier alpha value is -2.48. The second-order valence-electron chi connectivity index (χ2n) is 5.91. The minimum atomic E-state index is -3.65. The molecule has 0 saturated heterocycles. The molecule has 0 aliphatic carbocycles. The molecule has 2 aromatic carbocycles. The lowest BCUT2D eigenvalue weighted by Crippen LogP contribution is -2.30. The van der Waals surface area contributed by atoms with Gasteiger partial charge < -0.3 is 4.57 Å². The summed E-state index contributed by atoms with van der Waals surface area (Å²) in [7, 11) is -1.75. The van der Waals surface area contributed by atoms with E-state index in [1.54, 1.807) is 17.5 Å². The van der Waals surface area contributed by atoms with Crippen molar-refractivity contribution in [3.63, 3.8) is 0 Å². The van der Waals surface area contributed by atoms with Crippen LogP contribution in [0, 0.1) is 0 Å². The Kier molecular flexibility index (Phi) is 4.36. The number of para-hydroxylation sites is 2. The van der Waals surface area contributed by atoms with Crippen molar-refractivity contribution < 1.29 is 8.42 Å². The molecule has 0 spiro atoms. The molecule has 1 atom stereocenters. The standard InChI is InChI=1S/C19H17N3O2S2/c1-22-16-11-6-5-10-15(16)20-19(22)18(14-8-3-2-4-9-14)21-26(23,24)17-12-7-13-25-17/h2-13,18,21H,1H3. The molecule has 0 aliphatic rings. The molecule has 0 saturated carbocycles. The van der Waals surface area contributed by atoms with Crippen LogP contribution in [0.25, 0.3) is 11.0 Å². The van der Waals surface area contributed by atoms with E-state index >= 15 is 0 Å². The van der Waals surface area contributed by atoms with Crippen molar-refractivity contribution in [3.05, 3.63) is 83.5 Å². The summed E-state index contributed by atoms with van der Waals surface area (Å²) in [4.78, 5) is 4.69. The highest BCUT2D eigenvalue weighted by molar-refractivity contribution is 7.91. The monoisotopic (exact) mass is 383 g/mol. The molecule has 5 nitrogen and oxygen atoms in total. The third-order valence-electron chi connectivity index (χ3n) is 4.25. The SMILES string of the molecule is Cn1c(C(NS(=O)(=O)c2cccs2)c2ccccc2)nc2ccccc21. The number of nitrogens with zero attached hydrogens (tertiary/aromatic N) is 2. The van der Waals surface area contributed by atoms with Crippen molar-refractivity contribution in [2.24, 2.45) is 7.05 Å². The molecule has 4 aromatic rings. The fourth-order valence-electron chi connectivity index (χ4n) is 2.97. The van der Waals surface area contributed by atoms with Crippen LogP contribution in [0.5, 0.6) is 0 Å². The molecule has 0 fully saturated rings. The average Bonchev–Trinajstić information content (AvgIpc) is 3.30. The Labute approximate surface area is 156 Å². The van der Waals surface area contributed by atoms with Crippen molar-refractivity contribution >= 4 is 32.4 Å². The highest BCUT2D eigenvalue weighted by Crippen LogP contribution is 2.27. The lowest BCUT2D eigenvalue weighted by atomic mass is 10.1. The van der Waals surface area contributed by atoms with Gasteiger partial charge in [-0.05, 0) is 29.1 Å². The normalized spacial score (nSPS) is 13.1. The zero-order valence-corrected chi connectivity index (χ0v) is 15.7. The van der Waals surface area contributed by atoms with Gasteiger partial charge in [-0.1, -0.05) is 48.5 Å². The Balaban J connectivity index is 1.85. The number of benzene rings is 2. The summed E-state index contributed by atoms with van der Waals surface area (Å²) in [6, 6.07) is 20.0. The summed E-state index contributed by atoms with van der Waals surface area (Å²) < 4.78 is 30.7. The molecular formula is C19H17N3O2S2. The molecule has 132 valence electrons. The van der Waals surface area contributed by atoms with Crippen molar-refractivity contribution in [1.29, 1.82) is 0 Å². The molecule has 1 unspecified atom stereocenters. The van der Waals surface area contributed by atoms with Gasteiger partial charge >= 0.3 is 0 Å². The maximum atomic E-state index is 12.8. The first-order valence-electron chi connectivity index (χ1n) is 8.08. The maximum absolute atomic E-state index is 12.8. The fraction of sp³-hybridized carbons (Fsp3) is 0.105. The van der Waals surface area contributed by atoms with E-state index in [0.717, 1.165) is 16.6 Å². The molecule has 0 amide bonds. The second kappa shape index (κ2) is 6.68. The molecule has 4 rings (SSSR count). The van der Waals surface area contributed by atoms with Crippen LogP contribution in [0.1, 0.15) is 17.4 Å². The zero-order valence-electron chi connectivity index (χ0n) is 14.0. The van der Waals surface area contributed by atoms with Crippen molar-refractivity contribution in [1.82, 2.24) is 14.3 Å². The quantitative estimate of drug-likeness (QED) is 0.571. The molecule has 0 radical (unpaired) electrons. The number of aromatic nitrogens is 2. The average molecular weight is 383 g/mol. The molecular weight excluding hydrogens is 366 g/mol. The van der Waals surface area contributed by atoms with Crippen molar-refractivity contribution in [2.75, 3.05) is 0 Å². The van der Waals surface area contributed by atoms with Crippen LogP contribution >= 0.6 is 11.3 Å². The van der Waals surface area contributed by atoms with Gasteiger partial charge in [-0.2, -0.15) is 4.72 Å². The third kappa shape index (κ3) is 3.05. The number of hydrogen-bond acceptors (Lipinski definition) is 4. The number of hydrogen-bond donors (Lipinski definition) is 1. The van der Waals surface area contributed by atoms with Crippen LogP contribution in [0.3, 0.4) is 0 Å². The van der Waals surface area contributed by atoms with Crippen LogP contribution in [0.2, 0.25) is 0 Å². The van der Waals surface area contributed by atoms with Crippen LogP contribution in [-0.2, 0) is 17.1 Å². The number of imidazole rings is 1. The van der Waals surface area contributed by atoms with Gasteiger partial charge in [-0.3, -0.25) is 0 Å². The highest BCUT2D eigenvalue weighted by atomic mass is 32.2. The summed E-state index contributed by atoms with van der Waals surface area (Å²) in [5.74, 6) is 0.650. The Bertz CT molecular complexity index is 1130. The Morgan fingerprint density at radius 2 is 1.73 bits per heavy atom. The summed E-state index contributed by atoms with van der Waals surface area (Å²) >= 11 is 1.19. The fourth-order valence-corrected chi connectivity index (χ4v) is 5.16. The number of rotatable bonds is 5. The van der Waals surface area contributed by atoms with Gasteiger partial charge in [-0.15, -0.1) is 11.3 Å². The summed E-state index contributed by atoms with van der Waals surface area (Å²) in [6.07, 6.45) is 0. The molecule has 2 heterocycles. The van der Waals surface area contributed by atoms with Gasteiger partial charge in [0.1, 0.15) is 16.1 Å². The summed E-state index contributed by atoms with van der Waals surface area (Å²) in [6.45, 7) is 0. The third-order valence-corrected chi connectivity index (χ3v) is 7.07. The molecule has 0 aliphatic heterocycles. The van der Waals surface area contributed by atoms with E-state index in [2.05, 4.69) is 4.72 Å². The lowest BCUT2D eigenvalue weighted by Gasteiger charge is -2.18. The molecule has 26 heavy (non-hydrogen) atoms. The first-order valence-corrected chi connectivity index (χ1v) is 10.4. The smallest absolute Gasteiger partial charge is 0.251 e. The minimum Gasteiger partial charge on any atom is -0.329 e. The zero-order chi connectivity index (χ0) is 18.1. The first-order chi connectivity index (χ1) is 12.6. The summed E-state index contributed by atoms with van der Waals surface area (Å²) in [5, 5.41) is 1.75. The van der Waals surface area contributed by atoms with E-state index in [0.29, 0.717) is 5.82 Å². The highest BCUT2D eigenvalue weighted by Gasteiger charge is 2.27. The van der Waals surface area contributed by atoms with Gasteiger partial charge in [0.25, 0.3) is 10.0 Å². The Morgan fingerprint density at radius 3 is 2.42 bits per heavy atom. The van der Waals surface area contributed by atoms with Crippen LogP contribution in [0.15, 0.2) is 76.3 Å². The topological polar surface area (TPSA) is 64.0 Å². The van der Waals surface area contributed by atoms with E-state index < -0.39 is 16.1 Å². The van der Waals surface area contributed by atoms with Crippen LogP contribution in [-0.4, -0.2) is 18.0 Å². The van der Waals surface area contributed by atoms with Crippen LogP contribution < -0.4 is 4.72 Å². The number of nitrogens with one attached hydrogen (secondary N) is 1. The first kappa shape index (κ1) is 17.0. The minimum absolute atomic E-state index is 0.289. The van der Waals surface area contributed by atoms with E-state index in [1.165, 1.54) is 11.3 Å². The summed E-state index contributed by atoms with van der Waals surface area (Å²) in [5.41, 5.74) is 2.63. The van der Waals surface area contributed by atoms with Crippen molar-refractivity contribution in [3.8, 4) is 0 Å². The number of aryl methyl sites for hydroxylation is 1. The van der Waals surface area contributed by atoms with Gasteiger partial charge in [-0.25, -0.2) is 13.4 Å². The van der Waals surface area contributed by atoms with Gasteiger partial charge in [0, 0.05) is 7.05 Å². The lowest BCUT2D eigenvalue weighted by molar-refractivity contribution is 0.565. The second-order valence-corrected chi connectivity index (χ2v) is 8.80. The Morgan fingerprint density at radius 1 is 1.00 bits per heavy atom. The predicted octanol–water partition coefficient (Wildman–Crippen LogP) is 3.70. The molecule has 1 N–H and O–H groups in total. The van der Waals surface area contributed by atoms with Gasteiger partial charge in [0.05, 0.1) is 11.0 Å². The molecule has 7 heteroatoms. The molecule has 0 bridgehead atoms. The van der Waals surface area contributed by atoms with E-state index in [9.17, 15) is 8.42 Å². The van der Waals surface area contributed by atoms with E-state index in [-0.39, 0.29) is 4.21 Å². The number of fused-ring (bicyclic) bond motifs is 1.